The summed E-state index contributed by atoms with van der Waals surface area (Å²) in [7, 11) is 0. The molecule has 4 aromatic rings. The van der Waals surface area contributed by atoms with Gasteiger partial charge in [0.05, 0.1) is 28.3 Å². The number of carbonyl (C=O) groups excluding carboxylic acids is 1. The summed E-state index contributed by atoms with van der Waals surface area (Å²) in [5.74, 6) is 0.0352. The molecule has 0 aliphatic heterocycles. The fourth-order valence-electron chi connectivity index (χ4n) is 2.73. The third kappa shape index (κ3) is 3.65. The van der Waals surface area contributed by atoms with Crippen LogP contribution in [0.2, 0.25) is 0 Å². The van der Waals surface area contributed by atoms with Crippen LogP contribution in [0.15, 0.2) is 64.2 Å². The van der Waals surface area contributed by atoms with Crippen molar-refractivity contribution >= 4 is 38.8 Å². The number of nitrogens with zero attached hydrogens (tertiary/aromatic N) is 2. The number of carbonyl (C=O) groups is 1. The molecule has 0 unspecified atom stereocenters. The van der Waals surface area contributed by atoms with Gasteiger partial charge in [-0.3, -0.25) is 4.79 Å². The molecule has 6 heteroatoms. The van der Waals surface area contributed by atoms with E-state index in [1.165, 1.54) is 4.88 Å². The molecule has 4 nitrogen and oxygen atoms in total. The van der Waals surface area contributed by atoms with Crippen LogP contribution in [0.25, 0.3) is 10.2 Å². The van der Waals surface area contributed by atoms with Crippen LogP contribution in [0.5, 0.6) is 0 Å². The average molecular weight is 368 g/mol. The van der Waals surface area contributed by atoms with Crippen molar-refractivity contribution < 1.29 is 9.21 Å². The van der Waals surface area contributed by atoms with Gasteiger partial charge in [0.1, 0.15) is 0 Å². The normalized spacial score (nSPS) is 11.0. The van der Waals surface area contributed by atoms with E-state index in [1.54, 1.807) is 40.7 Å². The number of rotatable bonds is 6. The number of furan rings is 1. The predicted molar refractivity (Wildman–Crippen MR) is 101 cm³/mol. The van der Waals surface area contributed by atoms with E-state index in [0.717, 1.165) is 22.2 Å². The van der Waals surface area contributed by atoms with Crippen LogP contribution < -0.4 is 0 Å². The minimum atomic E-state index is 0.0352. The van der Waals surface area contributed by atoms with E-state index in [9.17, 15) is 4.79 Å². The highest BCUT2D eigenvalue weighted by Crippen LogP contribution is 2.21. The first-order valence-electron chi connectivity index (χ1n) is 7.95. The minimum absolute atomic E-state index is 0.0352. The first-order valence-corrected chi connectivity index (χ1v) is 9.71. The molecule has 3 heterocycles. The number of hydrogen-bond donors (Lipinski definition) is 0. The lowest BCUT2D eigenvalue weighted by atomic mass is 10.1. The number of thiazole rings is 1. The maximum absolute atomic E-state index is 13.1. The molecule has 0 aliphatic carbocycles. The molecule has 0 bridgehead atoms. The van der Waals surface area contributed by atoms with Crippen LogP contribution in [0.3, 0.4) is 0 Å². The molecular formula is C19H16N2O2S2. The summed E-state index contributed by atoms with van der Waals surface area (Å²) in [5, 5.41) is 2.06. The van der Waals surface area contributed by atoms with Gasteiger partial charge in [-0.1, -0.05) is 6.07 Å². The van der Waals surface area contributed by atoms with Crippen molar-refractivity contribution in [3.63, 3.8) is 0 Å². The largest absolute Gasteiger partial charge is 0.472 e. The first kappa shape index (κ1) is 16.1. The maximum Gasteiger partial charge on any atom is 0.254 e. The Morgan fingerprint density at radius 2 is 2.16 bits per heavy atom. The van der Waals surface area contributed by atoms with E-state index < -0.39 is 0 Å². The lowest BCUT2D eigenvalue weighted by Crippen LogP contribution is -2.32. The molecule has 126 valence electrons. The first-order chi connectivity index (χ1) is 12.3. The SMILES string of the molecule is O=C(c1ccc2ncsc2c1)N(CCc1cccs1)Cc1ccoc1. The van der Waals surface area contributed by atoms with E-state index in [-0.39, 0.29) is 5.91 Å². The van der Waals surface area contributed by atoms with Gasteiger partial charge >= 0.3 is 0 Å². The third-order valence-corrected chi connectivity index (χ3v) is 5.76. The molecule has 1 aromatic carbocycles. The molecule has 0 saturated carbocycles. The van der Waals surface area contributed by atoms with Crippen LogP contribution in [0, 0.1) is 0 Å². The van der Waals surface area contributed by atoms with Gasteiger partial charge in [0.25, 0.3) is 5.91 Å². The topological polar surface area (TPSA) is 46.3 Å². The molecule has 0 fully saturated rings. The molecule has 25 heavy (non-hydrogen) atoms. The highest BCUT2D eigenvalue weighted by molar-refractivity contribution is 7.16. The quantitative estimate of drug-likeness (QED) is 0.489. The lowest BCUT2D eigenvalue weighted by molar-refractivity contribution is 0.0745. The molecule has 0 radical (unpaired) electrons. The Morgan fingerprint density at radius 3 is 2.96 bits per heavy atom. The van der Waals surface area contributed by atoms with Gasteiger partial charge in [0.2, 0.25) is 0 Å². The van der Waals surface area contributed by atoms with Crippen molar-refractivity contribution in [1.82, 2.24) is 9.88 Å². The third-order valence-electron chi connectivity index (χ3n) is 4.03. The predicted octanol–water partition coefficient (Wildman–Crippen LogP) is 4.84. The van der Waals surface area contributed by atoms with Gasteiger partial charge in [0, 0.05) is 29.1 Å². The standard InChI is InChI=1S/C19H16N2O2S2/c22-19(15-3-4-17-18(10-15)25-13-20-17)21(11-14-6-8-23-12-14)7-5-16-2-1-9-24-16/h1-4,6,8-10,12-13H,5,7,11H2. The molecule has 0 saturated heterocycles. The van der Waals surface area contributed by atoms with Crippen molar-refractivity contribution in [2.75, 3.05) is 6.54 Å². The number of hydrogen-bond acceptors (Lipinski definition) is 5. The highest BCUT2D eigenvalue weighted by atomic mass is 32.1. The van der Waals surface area contributed by atoms with Gasteiger partial charge in [0.15, 0.2) is 0 Å². The van der Waals surface area contributed by atoms with Crippen LogP contribution in [0.4, 0.5) is 0 Å². The Bertz CT molecular complexity index is 959. The zero-order valence-corrected chi connectivity index (χ0v) is 15.1. The van der Waals surface area contributed by atoms with Crippen molar-refractivity contribution in [2.24, 2.45) is 0 Å². The Hall–Kier alpha value is -2.44. The van der Waals surface area contributed by atoms with Gasteiger partial charge in [-0.05, 0) is 42.1 Å². The fourth-order valence-corrected chi connectivity index (χ4v) is 4.14. The van der Waals surface area contributed by atoms with Gasteiger partial charge in [-0.25, -0.2) is 4.98 Å². The van der Waals surface area contributed by atoms with E-state index in [1.807, 2.05) is 35.2 Å². The summed E-state index contributed by atoms with van der Waals surface area (Å²) in [6.45, 7) is 1.21. The van der Waals surface area contributed by atoms with Crippen molar-refractivity contribution in [2.45, 2.75) is 13.0 Å². The maximum atomic E-state index is 13.1. The Morgan fingerprint density at radius 1 is 1.20 bits per heavy atom. The number of aromatic nitrogens is 1. The van der Waals surface area contributed by atoms with E-state index in [2.05, 4.69) is 16.4 Å². The van der Waals surface area contributed by atoms with Crippen molar-refractivity contribution in [3.05, 3.63) is 75.8 Å². The summed E-state index contributed by atoms with van der Waals surface area (Å²) < 4.78 is 6.19. The monoisotopic (exact) mass is 368 g/mol. The molecule has 0 aliphatic rings. The Kier molecular flexibility index (Phi) is 4.63. The average Bonchev–Trinajstić information content (AvgIpc) is 3.39. The zero-order chi connectivity index (χ0) is 17.1. The number of benzene rings is 1. The van der Waals surface area contributed by atoms with Gasteiger partial charge < -0.3 is 9.32 Å². The van der Waals surface area contributed by atoms with E-state index in [4.69, 9.17) is 4.42 Å². The zero-order valence-electron chi connectivity index (χ0n) is 13.4. The summed E-state index contributed by atoms with van der Waals surface area (Å²) in [4.78, 5) is 20.5. The smallest absolute Gasteiger partial charge is 0.254 e. The molecule has 0 spiro atoms. The summed E-state index contributed by atoms with van der Waals surface area (Å²) >= 11 is 3.27. The number of thiophene rings is 1. The van der Waals surface area contributed by atoms with E-state index >= 15 is 0 Å². The van der Waals surface area contributed by atoms with Gasteiger partial charge in [-0.15, -0.1) is 22.7 Å². The summed E-state index contributed by atoms with van der Waals surface area (Å²) in [6.07, 6.45) is 4.18. The molecule has 0 atom stereocenters. The Labute approximate surface area is 153 Å². The second-order valence-electron chi connectivity index (χ2n) is 5.72. The second kappa shape index (κ2) is 7.21. The van der Waals surface area contributed by atoms with Crippen LogP contribution in [-0.4, -0.2) is 22.3 Å². The van der Waals surface area contributed by atoms with Crippen LogP contribution in [0.1, 0.15) is 20.8 Å². The minimum Gasteiger partial charge on any atom is -0.472 e. The van der Waals surface area contributed by atoms with Crippen molar-refractivity contribution in [1.29, 1.82) is 0 Å². The molecular weight excluding hydrogens is 352 g/mol. The molecule has 1 amide bonds. The van der Waals surface area contributed by atoms with Gasteiger partial charge in [-0.2, -0.15) is 0 Å². The molecule has 4 rings (SSSR count). The Balaban J connectivity index is 1.57. The fraction of sp³-hybridized carbons (Fsp3) is 0.158. The van der Waals surface area contributed by atoms with Crippen molar-refractivity contribution in [3.8, 4) is 0 Å². The van der Waals surface area contributed by atoms with Crippen LogP contribution >= 0.6 is 22.7 Å². The number of fused-ring (bicyclic) bond motifs is 1. The molecule has 0 N–H and O–H groups in total. The van der Waals surface area contributed by atoms with E-state index in [0.29, 0.717) is 18.7 Å². The summed E-state index contributed by atoms with van der Waals surface area (Å²) in [6, 6.07) is 11.8. The summed E-state index contributed by atoms with van der Waals surface area (Å²) in [5.41, 5.74) is 4.44. The second-order valence-corrected chi connectivity index (χ2v) is 7.64. The number of amides is 1. The van der Waals surface area contributed by atoms with Crippen LogP contribution in [-0.2, 0) is 13.0 Å². The lowest BCUT2D eigenvalue weighted by Gasteiger charge is -2.22. The highest BCUT2D eigenvalue weighted by Gasteiger charge is 2.17. The molecule has 3 aromatic heterocycles.